The highest BCUT2D eigenvalue weighted by atomic mass is 16.5. The molecule has 1 atom stereocenters. The molecule has 0 aliphatic rings. The first-order valence-corrected chi connectivity index (χ1v) is 12.8. The van der Waals surface area contributed by atoms with Crippen molar-refractivity contribution in [3.63, 3.8) is 0 Å². The Morgan fingerprint density at radius 2 is 1.56 bits per heavy atom. The molecule has 188 valence electrons. The van der Waals surface area contributed by atoms with Gasteiger partial charge in [-0.25, -0.2) is 4.79 Å². The number of rotatable bonds is 16. The Morgan fingerprint density at radius 1 is 0.912 bits per heavy atom. The van der Waals surface area contributed by atoms with Gasteiger partial charge in [0.2, 0.25) is 5.75 Å². The van der Waals surface area contributed by atoms with Crippen molar-refractivity contribution in [1.82, 2.24) is 0 Å². The summed E-state index contributed by atoms with van der Waals surface area (Å²) in [7, 11) is 0. The van der Waals surface area contributed by atoms with Crippen LogP contribution < -0.4 is 10.4 Å². The molecule has 1 N–H and O–H groups in total. The Morgan fingerprint density at radius 3 is 2.26 bits per heavy atom. The molecule has 0 fully saturated rings. The third-order valence-corrected chi connectivity index (χ3v) is 6.44. The van der Waals surface area contributed by atoms with Gasteiger partial charge in [0.25, 0.3) is 0 Å². The van der Waals surface area contributed by atoms with E-state index < -0.39 is 17.3 Å². The lowest BCUT2D eigenvalue weighted by Crippen LogP contribution is -2.43. The fourth-order valence-corrected chi connectivity index (χ4v) is 4.12. The molecule has 2 heterocycles. The van der Waals surface area contributed by atoms with Gasteiger partial charge in [-0.1, -0.05) is 64.7 Å². The molecule has 0 saturated carbocycles. The number of aliphatic hydroxyl groups is 1. The molecule has 3 aromatic rings. The van der Waals surface area contributed by atoms with Crippen molar-refractivity contribution in [3.05, 3.63) is 40.9 Å². The van der Waals surface area contributed by atoms with E-state index in [0.717, 1.165) is 23.6 Å². The van der Waals surface area contributed by atoms with E-state index in [9.17, 15) is 9.90 Å². The van der Waals surface area contributed by atoms with Gasteiger partial charge in [0.15, 0.2) is 11.2 Å². The summed E-state index contributed by atoms with van der Waals surface area (Å²) in [4.78, 5) is 11.8. The number of furan rings is 1. The molecule has 0 amide bonds. The van der Waals surface area contributed by atoms with E-state index in [1.54, 1.807) is 12.3 Å². The van der Waals surface area contributed by atoms with Crippen LogP contribution in [0.3, 0.4) is 0 Å². The predicted molar refractivity (Wildman–Crippen MR) is 136 cm³/mol. The summed E-state index contributed by atoms with van der Waals surface area (Å²) < 4.78 is 22.9. The summed E-state index contributed by atoms with van der Waals surface area (Å²) in [5, 5.41) is 12.3. The molecule has 0 spiro atoms. The van der Waals surface area contributed by atoms with Gasteiger partial charge >= 0.3 is 5.63 Å². The number of hydrogen-bond acceptors (Lipinski definition) is 6. The first-order chi connectivity index (χ1) is 16.4. The molecule has 6 heteroatoms. The molecule has 0 radical (unpaired) electrons. The number of hydrogen-bond donors (Lipinski definition) is 1. The fraction of sp³-hybridized carbons (Fsp3) is 0.607. The number of aliphatic hydroxyl groups excluding tert-OH is 1. The largest absolute Gasteiger partial charge is 0.483 e. The van der Waals surface area contributed by atoms with Crippen molar-refractivity contribution >= 4 is 21.9 Å². The van der Waals surface area contributed by atoms with Crippen LogP contribution in [0.2, 0.25) is 0 Å². The third-order valence-electron chi connectivity index (χ3n) is 6.44. The Labute approximate surface area is 202 Å². The highest BCUT2D eigenvalue weighted by molar-refractivity contribution is 5.99. The fourth-order valence-electron chi connectivity index (χ4n) is 4.12. The van der Waals surface area contributed by atoms with Crippen LogP contribution in [0.15, 0.2) is 44.2 Å². The summed E-state index contributed by atoms with van der Waals surface area (Å²) in [5.41, 5.74) is -0.444. The summed E-state index contributed by atoms with van der Waals surface area (Å²) in [6.45, 7) is 6.57. The van der Waals surface area contributed by atoms with Crippen LogP contribution in [0, 0.1) is 0 Å². The van der Waals surface area contributed by atoms with Gasteiger partial charge in [-0.15, -0.1) is 0 Å². The van der Waals surface area contributed by atoms with Crippen LogP contribution >= 0.6 is 0 Å². The Kier molecular flexibility index (Phi) is 10.0. The van der Waals surface area contributed by atoms with Crippen LogP contribution in [-0.2, 0) is 4.74 Å². The molecule has 2 aromatic heterocycles. The van der Waals surface area contributed by atoms with E-state index in [1.807, 2.05) is 26.0 Å². The first kappa shape index (κ1) is 26.3. The zero-order valence-corrected chi connectivity index (χ0v) is 20.9. The normalized spacial score (nSPS) is 13.1. The minimum atomic E-state index is -0.869. The van der Waals surface area contributed by atoms with Gasteiger partial charge in [-0.05, 0) is 38.5 Å². The van der Waals surface area contributed by atoms with Gasteiger partial charge in [0.1, 0.15) is 12.7 Å². The van der Waals surface area contributed by atoms with Crippen molar-refractivity contribution in [2.75, 3.05) is 13.2 Å². The van der Waals surface area contributed by atoms with Gasteiger partial charge < -0.3 is 23.4 Å². The average Bonchev–Trinajstić information content (AvgIpc) is 3.28. The number of benzene rings is 1. The highest BCUT2D eigenvalue weighted by Crippen LogP contribution is 2.35. The number of ether oxygens (including phenoxy) is 2. The Hall–Kier alpha value is -2.31. The molecule has 1 aromatic carbocycles. The van der Waals surface area contributed by atoms with Crippen LogP contribution in [0.5, 0.6) is 5.75 Å². The molecule has 3 rings (SSSR count). The molecule has 6 nitrogen and oxygen atoms in total. The zero-order valence-electron chi connectivity index (χ0n) is 20.9. The molecule has 0 bridgehead atoms. The summed E-state index contributed by atoms with van der Waals surface area (Å²) >= 11 is 0. The second-order valence-electron chi connectivity index (χ2n) is 9.68. The lowest BCUT2D eigenvalue weighted by atomic mass is 10.0. The van der Waals surface area contributed by atoms with Crippen molar-refractivity contribution in [3.8, 4) is 5.75 Å². The summed E-state index contributed by atoms with van der Waals surface area (Å²) in [6.07, 6.45) is 13.4. The maximum Gasteiger partial charge on any atom is 0.336 e. The molecular formula is C28H40O6. The second kappa shape index (κ2) is 13.0. The first-order valence-electron chi connectivity index (χ1n) is 12.8. The summed E-state index contributed by atoms with van der Waals surface area (Å²) in [6, 6.07) is 6.76. The minimum absolute atomic E-state index is 0.0153. The van der Waals surface area contributed by atoms with E-state index >= 15 is 0 Å². The second-order valence-corrected chi connectivity index (χ2v) is 9.68. The number of unbranched alkanes of at least 4 members (excludes halogenated alkanes) is 9. The standard InChI is InChI=1S/C28H40O6/c1-4-5-6-7-8-9-10-11-12-13-17-33-28(2,3)23(29)20-32-27-25-22(16-18-31-25)19-21-14-15-24(30)34-26(21)27/h14-16,18-19,23,29H,4-13,17,20H2,1-3H3/t23-/m0/s1. The van der Waals surface area contributed by atoms with Crippen molar-refractivity contribution in [1.29, 1.82) is 0 Å². The zero-order chi connectivity index (χ0) is 24.4. The van der Waals surface area contributed by atoms with E-state index in [4.69, 9.17) is 18.3 Å². The lowest BCUT2D eigenvalue weighted by molar-refractivity contribution is -0.113. The topological polar surface area (TPSA) is 82.0 Å². The van der Waals surface area contributed by atoms with Gasteiger partial charge in [0, 0.05) is 23.4 Å². The van der Waals surface area contributed by atoms with Crippen molar-refractivity contribution in [2.24, 2.45) is 0 Å². The molecule has 0 aliphatic heterocycles. The van der Waals surface area contributed by atoms with Crippen LogP contribution in [-0.4, -0.2) is 30.0 Å². The summed E-state index contributed by atoms with van der Waals surface area (Å²) in [5.74, 6) is 0.319. The maximum absolute atomic E-state index is 11.8. The highest BCUT2D eigenvalue weighted by Gasteiger charge is 2.30. The van der Waals surface area contributed by atoms with Crippen LogP contribution in [0.4, 0.5) is 0 Å². The lowest BCUT2D eigenvalue weighted by Gasteiger charge is -2.30. The molecule has 0 saturated heterocycles. The van der Waals surface area contributed by atoms with E-state index in [0.29, 0.717) is 23.5 Å². The maximum atomic E-state index is 11.8. The molecule has 34 heavy (non-hydrogen) atoms. The molecule has 0 aliphatic carbocycles. The third kappa shape index (κ3) is 7.34. The van der Waals surface area contributed by atoms with Crippen LogP contribution in [0.1, 0.15) is 85.0 Å². The quantitative estimate of drug-likeness (QED) is 0.179. The Bertz CT molecular complexity index is 1060. The minimum Gasteiger partial charge on any atom is -0.483 e. The number of fused-ring (bicyclic) bond motifs is 2. The van der Waals surface area contributed by atoms with E-state index in [-0.39, 0.29) is 6.61 Å². The Balaban J connectivity index is 1.44. The van der Waals surface area contributed by atoms with E-state index in [2.05, 4.69) is 6.92 Å². The molecule has 0 unspecified atom stereocenters. The van der Waals surface area contributed by atoms with Crippen molar-refractivity contribution in [2.45, 2.75) is 96.7 Å². The van der Waals surface area contributed by atoms with E-state index in [1.165, 1.54) is 57.4 Å². The van der Waals surface area contributed by atoms with Gasteiger partial charge in [-0.3, -0.25) is 0 Å². The predicted octanol–water partition coefficient (Wildman–Crippen LogP) is 7.00. The van der Waals surface area contributed by atoms with Gasteiger partial charge in [0.05, 0.1) is 11.9 Å². The van der Waals surface area contributed by atoms with Crippen molar-refractivity contribution < 1.29 is 23.4 Å². The smallest absolute Gasteiger partial charge is 0.336 e. The average molecular weight is 473 g/mol. The molecular weight excluding hydrogens is 432 g/mol. The van der Waals surface area contributed by atoms with Gasteiger partial charge in [-0.2, -0.15) is 0 Å². The monoisotopic (exact) mass is 472 g/mol. The SMILES string of the molecule is CCCCCCCCCCCCOC(C)(C)[C@@H](O)COc1c2occc2cc2ccc(=O)oc12. The van der Waals surface area contributed by atoms with Crippen LogP contribution in [0.25, 0.3) is 21.9 Å².